The van der Waals surface area contributed by atoms with Crippen LogP contribution in [0.5, 0.6) is 0 Å². The number of aromatic amines is 1. The van der Waals surface area contributed by atoms with E-state index in [4.69, 9.17) is 4.74 Å². The molecule has 2 atom stereocenters. The van der Waals surface area contributed by atoms with Crippen molar-refractivity contribution in [2.24, 2.45) is 11.8 Å². The normalized spacial score (nSPS) is 22.7. The number of nitrogens with zero attached hydrogens (tertiary/aromatic N) is 4. The number of hydrogen-bond donors (Lipinski definition) is 1. The summed E-state index contributed by atoms with van der Waals surface area (Å²) in [6, 6.07) is 5.39. The van der Waals surface area contributed by atoms with E-state index in [9.17, 15) is 9.59 Å². The van der Waals surface area contributed by atoms with Gasteiger partial charge in [-0.25, -0.2) is 4.79 Å². The molecule has 0 radical (unpaired) electrons. The van der Waals surface area contributed by atoms with Crippen LogP contribution >= 0.6 is 0 Å². The third-order valence-corrected chi connectivity index (χ3v) is 5.00. The number of carbonyl (C=O) groups is 2. The Morgan fingerprint density at radius 2 is 1.77 bits per heavy atom. The average Bonchev–Trinajstić information content (AvgIpc) is 3.25. The molecule has 1 aromatic heterocycles. The van der Waals surface area contributed by atoms with Gasteiger partial charge >= 0.3 is 6.09 Å². The van der Waals surface area contributed by atoms with Crippen molar-refractivity contribution in [3.8, 4) is 0 Å². The Morgan fingerprint density at radius 1 is 1.12 bits per heavy atom. The summed E-state index contributed by atoms with van der Waals surface area (Å²) in [5.41, 5.74) is 1.63. The van der Waals surface area contributed by atoms with Crippen molar-refractivity contribution in [3.05, 3.63) is 23.8 Å². The van der Waals surface area contributed by atoms with Gasteiger partial charge in [0.05, 0.1) is 5.52 Å². The van der Waals surface area contributed by atoms with E-state index in [-0.39, 0.29) is 12.0 Å². The lowest BCUT2D eigenvalue weighted by Gasteiger charge is -2.26. The number of amides is 2. The van der Waals surface area contributed by atoms with E-state index in [1.54, 1.807) is 17.0 Å². The van der Waals surface area contributed by atoms with Crippen molar-refractivity contribution >= 4 is 23.0 Å². The fraction of sp³-hybridized carbons (Fsp3) is 0.556. The molecule has 3 heterocycles. The van der Waals surface area contributed by atoms with E-state index >= 15 is 0 Å². The van der Waals surface area contributed by atoms with Crippen molar-refractivity contribution in [2.45, 2.75) is 26.4 Å². The molecule has 0 saturated carbocycles. The molecule has 0 bridgehead atoms. The summed E-state index contributed by atoms with van der Waals surface area (Å²) in [6.07, 6.45) is -0.263. The summed E-state index contributed by atoms with van der Waals surface area (Å²) >= 11 is 0. The molecular weight excluding hydrogens is 334 g/mol. The second kappa shape index (κ2) is 5.96. The van der Waals surface area contributed by atoms with Gasteiger partial charge in [-0.1, -0.05) is 5.21 Å². The zero-order valence-corrected chi connectivity index (χ0v) is 15.2. The predicted octanol–water partition coefficient (Wildman–Crippen LogP) is 1.90. The Labute approximate surface area is 151 Å². The van der Waals surface area contributed by atoms with Gasteiger partial charge in [-0.2, -0.15) is 0 Å². The number of rotatable bonds is 1. The summed E-state index contributed by atoms with van der Waals surface area (Å²) < 4.78 is 5.45. The lowest BCUT2D eigenvalue weighted by molar-refractivity contribution is 0.0275. The van der Waals surface area contributed by atoms with Crippen molar-refractivity contribution in [2.75, 3.05) is 26.2 Å². The van der Waals surface area contributed by atoms with Gasteiger partial charge < -0.3 is 14.5 Å². The van der Waals surface area contributed by atoms with Crippen LogP contribution < -0.4 is 0 Å². The lowest BCUT2D eigenvalue weighted by Crippen LogP contribution is -2.38. The highest BCUT2D eigenvalue weighted by molar-refractivity contribution is 5.97. The Hall–Kier alpha value is -2.64. The molecule has 2 aromatic rings. The van der Waals surface area contributed by atoms with Crippen LogP contribution in [0.1, 0.15) is 31.1 Å². The van der Waals surface area contributed by atoms with Crippen molar-refractivity contribution < 1.29 is 14.3 Å². The number of carbonyl (C=O) groups excluding carboxylic acids is 2. The number of aromatic nitrogens is 3. The number of benzene rings is 1. The van der Waals surface area contributed by atoms with E-state index in [0.29, 0.717) is 49.1 Å². The molecule has 2 amide bonds. The Morgan fingerprint density at radius 3 is 2.42 bits per heavy atom. The summed E-state index contributed by atoms with van der Waals surface area (Å²) in [6.45, 7) is 8.23. The average molecular weight is 357 g/mol. The summed E-state index contributed by atoms with van der Waals surface area (Å²) in [4.78, 5) is 28.7. The minimum Gasteiger partial charge on any atom is -0.444 e. The van der Waals surface area contributed by atoms with Crippen LogP contribution in [-0.2, 0) is 4.74 Å². The van der Waals surface area contributed by atoms with E-state index in [2.05, 4.69) is 15.4 Å². The van der Waals surface area contributed by atoms with E-state index in [0.717, 1.165) is 5.52 Å². The van der Waals surface area contributed by atoms with Crippen LogP contribution in [0.15, 0.2) is 18.2 Å². The van der Waals surface area contributed by atoms with Crippen molar-refractivity contribution in [1.82, 2.24) is 25.2 Å². The molecule has 1 aromatic carbocycles. The zero-order valence-electron chi connectivity index (χ0n) is 15.2. The maximum Gasteiger partial charge on any atom is 0.410 e. The van der Waals surface area contributed by atoms with Gasteiger partial charge in [-0.15, -0.1) is 5.10 Å². The van der Waals surface area contributed by atoms with Crippen LogP contribution in [0.25, 0.3) is 11.0 Å². The number of ether oxygens (including phenoxy) is 1. The van der Waals surface area contributed by atoms with Gasteiger partial charge in [0.1, 0.15) is 11.1 Å². The molecule has 0 aliphatic carbocycles. The monoisotopic (exact) mass is 357 g/mol. The largest absolute Gasteiger partial charge is 0.444 e. The Balaban J connectivity index is 1.39. The number of nitrogens with one attached hydrogen (secondary N) is 1. The van der Waals surface area contributed by atoms with Crippen LogP contribution in [0.2, 0.25) is 0 Å². The molecule has 4 rings (SSSR count). The lowest BCUT2D eigenvalue weighted by atomic mass is 10.0. The SMILES string of the molecule is CC(C)(C)OC(=O)N1C[C@@H]2CN(C(=O)c3ccc4[nH]nnc4c3)C[C@H]2C1. The van der Waals surface area contributed by atoms with E-state index in [1.807, 2.05) is 31.7 Å². The number of fused-ring (bicyclic) bond motifs is 2. The molecule has 0 spiro atoms. The second-order valence-corrected chi connectivity index (χ2v) is 8.16. The summed E-state index contributed by atoms with van der Waals surface area (Å²) in [5.74, 6) is 0.623. The topological polar surface area (TPSA) is 91.4 Å². The molecule has 2 fully saturated rings. The van der Waals surface area contributed by atoms with Crippen molar-refractivity contribution in [3.63, 3.8) is 0 Å². The minimum absolute atomic E-state index is 0.00752. The smallest absolute Gasteiger partial charge is 0.410 e. The first-order valence-electron chi connectivity index (χ1n) is 8.88. The maximum absolute atomic E-state index is 12.8. The summed E-state index contributed by atoms with van der Waals surface area (Å²) in [5, 5.41) is 10.5. The zero-order chi connectivity index (χ0) is 18.5. The number of H-pyrrole nitrogens is 1. The standard InChI is InChI=1S/C18H23N5O3/c1-18(2,3)26-17(25)23-9-12-7-22(8-13(12)10-23)16(24)11-4-5-14-15(6-11)20-21-19-14/h4-6,12-13H,7-10H2,1-3H3,(H,19,20,21)/t12-,13-/m0/s1. The van der Waals surface area contributed by atoms with Gasteiger partial charge in [0, 0.05) is 43.6 Å². The molecule has 2 aliphatic rings. The van der Waals surface area contributed by atoms with Gasteiger partial charge in [-0.3, -0.25) is 9.89 Å². The first kappa shape index (κ1) is 16.8. The molecule has 2 aliphatic heterocycles. The Bertz CT molecular complexity index is 842. The van der Waals surface area contributed by atoms with Crippen LogP contribution in [0.4, 0.5) is 4.79 Å². The fourth-order valence-corrected chi connectivity index (χ4v) is 3.79. The third kappa shape index (κ3) is 3.11. The first-order chi connectivity index (χ1) is 12.3. The highest BCUT2D eigenvalue weighted by atomic mass is 16.6. The van der Waals surface area contributed by atoms with Gasteiger partial charge in [-0.05, 0) is 39.0 Å². The van der Waals surface area contributed by atoms with E-state index in [1.165, 1.54) is 0 Å². The van der Waals surface area contributed by atoms with Gasteiger partial charge in [0.2, 0.25) is 0 Å². The second-order valence-electron chi connectivity index (χ2n) is 8.16. The van der Waals surface area contributed by atoms with Crippen molar-refractivity contribution in [1.29, 1.82) is 0 Å². The van der Waals surface area contributed by atoms with Crippen LogP contribution in [0.3, 0.4) is 0 Å². The Kier molecular flexibility index (Phi) is 3.86. The maximum atomic E-state index is 12.8. The molecule has 1 N–H and O–H groups in total. The first-order valence-corrected chi connectivity index (χ1v) is 8.88. The van der Waals surface area contributed by atoms with Crippen LogP contribution in [-0.4, -0.2) is 69.0 Å². The fourth-order valence-electron chi connectivity index (χ4n) is 3.79. The highest BCUT2D eigenvalue weighted by Crippen LogP contribution is 2.32. The number of hydrogen-bond acceptors (Lipinski definition) is 5. The van der Waals surface area contributed by atoms with E-state index < -0.39 is 5.60 Å². The molecule has 2 saturated heterocycles. The molecule has 8 heteroatoms. The quantitative estimate of drug-likeness (QED) is 0.842. The molecular formula is C18H23N5O3. The summed E-state index contributed by atoms with van der Waals surface area (Å²) in [7, 11) is 0. The van der Waals surface area contributed by atoms with Crippen LogP contribution in [0, 0.1) is 11.8 Å². The number of likely N-dealkylation sites (tertiary alicyclic amines) is 2. The molecule has 26 heavy (non-hydrogen) atoms. The van der Waals surface area contributed by atoms with Gasteiger partial charge in [0.15, 0.2) is 0 Å². The third-order valence-electron chi connectivity index (χ3n) is 5.00. The van der Waals surface area contributed by atoms with Gasteiger partial charge in [0.25, 0.3) is 5.91 Å². The highest BCUT2D eigenvalue weighted by Gasteiger charge is 2.44. The molecule has 138 valence electrons. The molecule has 0 unspecified atom stereocenters. The molecule has 8 nitrogen and oxygen atoms in total. The predicted molar refractivity (Wildman–Crippen MR) is 94.6 cm³/mol. The minimum atomic E-state index is -0.490.